The van der Waals surface area contributed by atoms with Crippen LogP contribution in [0.15, 0.2) is 24.5 Å². The van der Waals surface area contributed by atoms with E-state index in [1.54, 1.807) is 24.5 Å². The summed E-state index contributed by atoms with van der Waals surface area (Å²) >= 11 is 0. The molecule has 2 aromatic rings. The number of aryl methyl sites for hydroxylation is 1. The minimum absolute atomic E-state index is 0.221. The first-order valence-corrected chi connectivity index (χ1v) is 6.07. The molecule has 0 bridgehead atoms. The fourth-order valence-electron chi connectivity index (χ4n) is 1.73. The zero-order chi connectivity index (χ0) is 13.8. The Morgan fingerprint density at radius 3 is 2.84 bits per heavy atom. The third kappa shape index (κ3) is 3.09. The predicted molar refractivity (Wildman–Crippen MR) is 72.7 cm³/mol. The number of hydrogen-bond donors (Lipinski definition) is 2. The molecular weight excluding hydrogens is 242 g/mol. The minimum atomic E-state index is -0.221. The number of nitrogens with zero attached hydrogens (tertiary/aromatic N) is 3. The first kappa shape index (κ1) is 13.1. The van der Waals surface area contributed by atoms with Crippen LogP contribution in [-0.4, -0.2) is 27.0 Å². The van der Waals surface area contributed by atoms with Crippen LogP contribution >= 0.6 is 0 Å². The summed E-state index contributed by atoms with van der Waals surface area (Å²) in [6, 6.07) is 4.99. The molecule has 0 atom stereocenters. The van der Waals surface area contributed by atoms with Crippen molar-refractivity contribution >= 4 is 11.7 Å². The molecule has 6 heteroatoms. The number of nitrogen functional groups attached to an aromatic ring is 1. The number of nitrogens with two attached hydrogens (primary N) is 1. The maximum Gasteiger partial charge on any atom is 0.270 e. The topological polar surface area (TPSA) is 85.8 Å². The number of rotatable bonds is 4. The number of anilines is 1. The van der Waals surface area contributed by atoms with E-state index in [-0.39, 0.29) is 5.91 Å². The monoisotopic (exact) mass is 259 g/mol. The van der Waals surface area contributed by atoms with Gasteiger partial charge in [0.1, 0.15) is 11.5 Å². The molecule has 6 nitrogen and oxygen atoms in total. The molecule has 0 aliphatic carbocycles. The summed E-state index contributed by atoms with van der Waals surface area (Å²) < 4.78 is 2.00. The van der Waals surface area contributed by atoms with E-state index in [2.05, 4.69) is 15.3 Å². The van der Waals surface area contributed by atoms with E-state index in [4.69, 9.17) is 5.73 Å². The van der Waals surface area contributed by atoms with Gasteiger partial charge in [0, 0.05) is 18.8 Å². The molecule has 0 aromatic carbocycles. The van der Waals surface area contributed by atoms with Gasteiger partial charge in [-0.25, -0.2) is 9.97 Å². The quantitative estimate of drug-likeness (QED) is 0.854. The third-order valence-corrected chi connectivity index (χ3v) is 2.99. The number of aromatic nitrogens is 3. The summed E-state index contributed by atoms with van der Waals surface area (Å²) in [6.07, 6.45) is 1.77. The summed E-state index contributed by atoms with van der Waals surface area (Å²) in [5, 5.41) is 2.81. The second-order valence-electron chi connectivity index (χ2n) is 4.31. The molecule has 0 aliphatic rings. The first-order chi connectivity index (χ1) is 9.08. The average Bonchev–Trinajstić information content (AvgIpc) is 2.70. The summed E-state index contributed by atoms with van der Waals surface area (Å²) in [4.78, 5) is 20.0. The average molecular weight is 259 g/mol. The van der Waals surface area contributed by atoms with Crippen molar-refractivity contribution in [2.24, 2.45) is 0 Å². The molecule has 2 aromatic heterocycles. The standard InChI is InChI=1S/C13H17N5O/c1-9-10(2)18(8-16-9)7-6-15-13(19)11-4-3-5-12(14)17-11/h3-5,8H,6-7H2,1-2H3,(H2,14,17)(H,15,19). The van der Waals surface area contributed by atoms with Crippen molar-refractivity contribution in [1.29, 1.82) is 0 Å². The Hall–Kier alpha value is -2.37. The van der Waals surface area contributed by atoms with Gasteiger partial charge < -0.3 is 15.6 Å². The molecule has 0 radical (unpaired) electrons. The molecule has 0 spiro atoms. The molecule has 19 heavy (non-hydrogen) atoms. The van der Waals surface area contributed by atoms with Gasteiger partial charge in [0.15, 0.2) is 0 Å². The van der Waals surface area contributed by atoms with Crippen molar-refractivity contribution in [3.05, 3.63) is 41.6 Å². The number of carbonyl (C=O) groups is 1. The lowest BCUT2D eigenvalue weighted by atomic mass is 10.3. The highest BCUT2D eigenvalue weighted by atomic mass is 16.1. The number of imidazole rings is 1. The Labute approximate surface area is 111 Å². The molecular formula is C13H17N5O. The van der Waals surface area contributed by atoms with E-state index < -0.39 is 0 Å². The van der Waals surface area contributed by atoms with Gasteiger partial charge in [-0.05, 0) is 26.0 Å². The van der Waals surface area contributed by atoms with Crippen LogP contribution < -0.4 is 11.1 Å². The summed E-state index contributed by atoms with van der Waals surface area (Å²) in [5.41, 5.74) is 7.98. The Bertz CT molecular complexity index is 590. The van der Waals surface area contributed by atoms with Crippen molar-refractivity contribution < 1.29 is 4.79 Å². The molecule has 0 fully saturated rings. The number of amides is 1. The Morgan fingerprint density at radius 2 is 2.21 bits per heavy atom. The van der Waals surface area contributed by atoms with Crippen molar-refractivity contribution in [2.75, 3.05) is 12.3 Å². The zero-order valence-corrected chi connectivity index (χ0v) is 11.1. The molecule has 100 valence electrons. The largest absolute Gasteiger partial charge is 0.384 e. The van der Waals surface area contributed by atoms with Gasteiger partial charge in [0.05, 0.1) is 12.0 Å². The van der Waals surface area contributed by atoms with Crippen LogP contribution in [0.3, 0.4) is 0 Å². The SMILES string of the molecule is Cc1ncn(CCNC(=O)c2cccc(N)n2)c1C. The van der Waals surface area contributed by atoms with E-state index in [0.29, 0.717) is 24.6 Å². The fraction of sp³-hybridized carbons (Fsp3) is 0.308. The highest BCUT2D eigenvalue weighted by Gasteiger charge is 2.07. The molecule has 0 saturated heterocycles. The number of nitrogens with one attached hydrogen (secondary N) is 1. The van der Waals surface area contributed by atoms with Gasteiger partial charge in [-0.3, -0.25) is 4.79 Å². The zero-order valence-electron chi connectivity index (χ0n) is 11.1. The Balaban J connectivity index is 1.89. The van der Waals surface area contributed by atoms with Crippen LogP contribution in [0.4, 0.5) is 5.82 Å². The van der Waals surface area contributed by atoms with Crippen LogP contribution in [0, 0.1) is 13.8 Å². The van der Waals surface area contributed by atoms with Crippen molar-refractivity contribution in [2.45, 2.75) is 20.4 Å². The van der Waals surface area contributed by atoms with E-state index in [0.717, 1.165) is 11.4 Å². The maximum absolute atomic E-state index is 11.8. The van der Waals surface area contributed by atoms with Gasteiger partial charge in [-0.1, -0.05) is 6.07 Å². The van der Waals surface area contributed by atoms with Gasteiger partial charge >= 0.3 is 0 Å². The van der Waals surface area contributed by atoms with E-state index in [9.17, 15) is 4.79 Å². The van der Waals surface area contributed by atoms with E-state index in [1.807, 2.05) is 18.4 Å². The van der Waals surface area contributed by atoms with Crippen molar-refractivity contribution in [1.82, 2.24) is 19.9 Å². The lowest BCUT2D eigenvalue weighted by Gasteiger charge is -2.07. The van der Waals surface area contributed by atoms with E-state index >= 15 is 0 Å². The lowest BCUT2D eigenvalue weighted by molar-refractivity contribution is 0.0947. The van der Waals surface area contributed by atoms with Crippen LogP contribution in [0.5, 0.6) is 0 Å². The Kier molecular flexibility index (Phi) is 3.79. The van der Waals surface area contributed by atoms with Crippen LogP contribution in [0.25, 0.3) is 0 Å². The number of hydrogen-bond acceptors (Lipinski definition) is 4. The molecule has 0 saturated carbocycles. The minimum Gasteiger partial charge on any atom is -0.384 e. The Morgan fingerprint density at radius 1 is 1.42 bits per heavy atom. The van der Waals surface area contributed by atoms with Gasteiger partial charge in [0.25, 0.3) is 5.91 Å². The predicted octanol–water partition coefficient (Wildman–Crippen LogP) is 0.907. The highest BCUT2D eigenvalue weighted by molar-refractivity contribution is 5.92. The summed E-state index contributed by atoms with van der Waals surface area (Å²) in [6.45, 7) is 5.16. The second kappa shape index (κ2) is 5.51. The number of pyridine rings is 1. The molecule has 2 heterocycles. The van der Waals surface area contributed by atoms with Crippen molar-refractivity contribution in [3.8, 4) is 0 Å². The normalized spacial score (nSPS) is 10.4. The number of carbonyl (C=O) groups excluding carboxylic acids is 1. The fourth-order valence-corrected chi connectivity index (χ4v) is 1.73. The molecule has 1 amide bonds. The maximum atomic E-state index is 11.8. The van der Waals surface area contributed by atoms with Gasteiger partial charge in [-0.15, -0.1) is 0 Å². The molecule has 3 N–H and O–H groups in total. The first-order valence-electron chi connectivity index (χ1n) is 6.07. The van der Waals surface area contributed by atoms with Crippen LogP contribution in [0.2, 0.25) is 0 Å². The van der Waals surface area contributed by atoms with Gasteiger partial charge in [-0.2, -0.15) is 0 Å². The lowest BCUT2D eigenvalue weighted by Crippen LogP contribution is -2.28. The smallest absolute Gasteiger partial charge is 0.270 e. The van der Waals surface area contributed by atoms with Crippen molar-refractivity contribution in [3.63, 3.8) is 0 Å². The highest BCUT2D eigenvalue weighted by Crippen LogP contribution is 2.03. The van der Waals surface area contributed by atoms with Gasteiger partial charge in [0.2, 0.25) is 0 Å². The molecule has 2 rings (SSSR count). The summed E-state index contributed by atoms with van der Waals surface area (Å²) in [5.74, 6) is 0.121. The second-order valence-corrected chi connectivity index (χ2v) is 4.31. The third-order valence-electron chi connectivity index (χ3n) is 2.99. The van der Waals surface area contributed by atoms with Crippen LogP contribution in [-0.2, 0) is 6.54 Å². The summed E-state index contributed by atoms with van der Waals surface area (Å²) in [7, 11) is 0. The molecule has 0 unspecified atom stereocenters. The van der Waals surface area contributed by atoms with Crippen LogP contribution in [0.1, 0.15) is 21.9 Å². The molecule has 0 aliphatic heterocycles. The van der Waals surface area contributed by atoms with E-state index in [1.165, 1.54) is 0 Å².